The van der Waals surface area contributed by atoms with Gasteiger partial charge in [0.15, 0.2) is 0 Å². The van der Waals surface area contributed by atoms with E-state index in [2.05, 4.69) is 4.74 Å². The Hall–Kier alpha value is -2.76. The molecule has 0 aromatic heterocycles. The minimum Gasteiger partial charge on any atom is -0.467 e. The van der Waals surface area contributed by atoms with Crippen molar-refractivity contribution in [1.82, 2.24) is 10.2 Å². The van der Waals surface area contributed by atoms with Crippen LogP contribution in [0.2, 0.25) is 0 Å². The molecule has 2 fully saturated rings. The molecular weight excluding hydrogens is 441 g/mol. The number of hydrogen-bond acceptors (Lipinski definition) is 7. The summed E-state index contributed by atoms with van der Waals surface area (Å²) in [5, 5.41) is 0.976. The Bertz CT molecular complexity index is 866. The van der Waals surface area contributed by atoms with Crippen molar-refractivity contribution < 1.29 is 41.8 Å². The van der Waals surface area contributed by atoms with Gasteiger partial charge in [-0.25, -0.2) is 4.79 Å². The van der Waals surface area contributed by atoms with Crippen LogP contribution in [0.3, 0.4) is 0 Å². The summed E-state index contributed by atoms with van der Waals surface area (Å²) in [6, 6.07) is 5.75. The molecule has 1 aromatic carbocycles. The predicted molar refractivity (Wildman–Crippen MR) is 101 cm³/mol. The predicted octanol–water partition coefficient (Wildman–Crippen LogP) is 1.24. The summed E-state index contributed by atoms with van der Waals surface area (Å²) in [6.07, 6.45) is -5.34. The van der Waals surface area contributed by atoms with E-state index in [1.165, 1.54) is 11.8 Å². The Morgan fingerprint density at radius 3 is 2.48 bits per heavy atom. The fourth-order valence-electron chi connectivity index (χ4n) is 3.50. The number of nitrogens with zero attached hydrogens (tertiary/aromatic N) is 1. The van der Waals surface area contributed by atoms with Crippen molar-refractivity contribution in [1.29, 1.82) is 0 Å². The molecule has 1 aromatic rings. The molecule has 0 spiro atoms. The molecule has 31 heavy (non-hydrogen) atoms. The maximum absolute atomic E-state index is 13.0. The number of thioether (sulfide) groups is 1. The Balaban J connectivity index is 1.82. The Morgan fingerprint density at radius 1 is 1.19 bits per heavy atom. The number of ether oxygens (including phenoxy) is 2. The van der Waals surface area contributed by atoms with Gasteiger partial charge >= 0.3 is 24.0 Å². The van der Waals surface area contributed by atoms with Gasteiger partial charge in [-0.15, -0.1) is 11.8 Å². The van der Waals surface area contributed by atoms with Crippen LogP contribution in [-0.4, -0.2) is 65.1 Å². The van der Waals surface area contributed by atoms with E-state index < -0.39 is 53.3 Å². The molecule has 4 atom stereocenters. The fraction of sp³-hybridized carbons (Fsp3) is 0.474. The molecule has 8 nitrogen and oxygen atoms in total. The van der Waals surface area contributed by atoms with Crippen molar-refractivity contribution in [3.8, 4) is 0 Å². The summed E-state index contributed by atoms with van der Waals surface area (Å²) in [5.41, 5.74) is 0.650. The van der Waals surface area contributed by atoms with Crippen molar-refractivity contribution >= 4 is 35.5 Å². The molecule has 2 aliphatic heterocycles. The van der Waals surface area contributed by atoms with Crippen LogP contribution in [0.15, 0.2) is 30.3 Å². The number of nitrogens with one attached hydrogen (secondary N) is 1. The van der Waals surface area contributed by atoms with Crippen molar-refractivity contribution in [2.75, 3.05) is 12.9 Å². The van der Waals surface area contributed by atoms with E-state index in [1.54, 1.807) is 35.6 Å². The molecule has 12 heteroatoms. The van der Waals surface area contributed by atoms with Crippen molar-refractivity contribution in [2.24, 2.45) is 5.92 Å². The highest BCUT2D eigenvalue weighted by atomic mass is 32.2. The maximum atomic E-state index is 13.0. The first-order valence-electron chi connectivity index (χ1n) is 9.23. The van der Waals surface area contributed by atoms with Gasteiger partial charge in [-0.05, 0) is 12.0 Å². The lowest BCUT2D eigenvalue weighted by Gasteiger charge is -2.40. The zero-order valence-corrected chi connectivity index (χ0v) is 17.1. The summed E-state index contributed by atoms with van der Waals surface area (Å²) in [7, 11) is 1.13. The lowest BCUT2D eigenvalue weighted by Crippen LogP contribution is -2.63. The van der Waals surface area contributed by atoms with E-state index >= 15 is 0 Å². The van der Waals surface area contributed by atoms with E-state index in [4.69, 9.17) is 4.74 Å². The van der Waals surface area contributed by atoms with Gasteiger partial charge in [-0.1, -0.05) is 30.3 Å². The van der Waals surface area contributed by atoms with Gasteiger partial charge in [-0.3, -0.25) is 14.4 Å². The molecule has 2 saturated heterocycles. The van der Waals surface area contributed by atoms with Gasteiger partial charge in [0, 0.05) is 5.75 Å². The molecular formula is C19H19F3N2O6S. The quantitative estimate of drug-likeness (QED) is 0.660. The van der Waals surface area contributed by atoms with Crippen LogP contribution in [-0.2, 0) is 35.3 Å². The first kappa shape index (κ1) is 22.9. The highest BCUT2D eigenvalue weighted by molar-refractivity contribution is 8.00. The van der Waals surface area contributed by atoms with Crippen molar-refractivity contribution in [3.63, 3.8) is 0 Å². The number of hydrogen-bond donors (Lipinski definition) is 1. The average molecular weight is 460 g/mol. The van der Waals surface area contributed by atoms with Crippen molar-refractivity contribution in [2.45, 2.75) is 36.7 Å². The highest BCUT2D eigenvalue weighted by Gasteiger charge is 2.54. The number of carbonyl (C=O) groups excluding carboxylic acids is 4. The average Bonchev–Trinajstić information content (AvgIpc) is 3.17. The summed E-state index contributed by atoms with van der Waals surface area (Å²) in [6.45, 7) is -0.142. The van der Waals surface area contributed by atoms with Gasteiger partial charge in [0.25, 0.3) is 0 Å². The molecule has 0 radical (unpaired) electrons. The molecule has 168 valence electrons. The number of piperidine rings is 1. The highest BCUT2D eigenvalue weighted by Crippen LogP contribution is 2.40. The van der Waals surface area contributed by atoms with E-state index in [9.17, 15) is 32.3 Å². The molecule has 2 heterocycles. The minimum absolute atomic E-state index is 0.0830. The first-order valence-corrected chi connectivity index (χ1v) is 10.3. The molecule has 2 aliphatic rings. The minimum atomic E-state index is -5.25. The van der Waals surface area contributed by atoms with Crippen molar-refractivity contribution in [3.05, 3.63) is 35.9 Å². The summed E-state index contributed by atoms with van der Waals surface area (Å²) >= 11 is 1.21. The van der Waals surface area contributed by atoms with Crippen LogP contribution in [0.4, 0.5) is 13.2 Å². The molecule has 0 aliphatic carbocycles. The Labute approximate surface area is 179 Å². The second-order valence-corrected chi connectivity index (χ2v) is 8.17. The lowest BCUT2D eigenvalue weighted by molar-refractivity contribution is -0.178. The molecule has 0 saturated carbocycles. The first-order chi connectivity index (χ1) is 14.6. The number of amides is 2. The third-order valence-electron chi connectivity index (χ3n) is 5.01. The van der Waals surface area contributed by atoms with Crippen LogP contribution in [0.1, 0.15) is 12.0 Å². The SMILES string of the molecule is COC(=O)[C@@H]1CS[C@@H]2C[C@H](C(=O)OCc3ccccc3)[C@H](NC(=O)C(F)(F)F)C(=O)N21. The Kier molecular flexibility index (Phi) is 6.77. The van der Waals surface area contributed by atoms with Gasteiger partial charge in [0.1, 0.15) is 18.7 Å². The normalized spacial score (nSPS) is 25.5. The second kappa shape index (κ2) is 9.16. The molecule has 0 bridgehead atoms. The zero-order chi connectivity index (χ0) is 22.8. The van der Waals surface area contributed by atoms with Gasteiger partial charge < -0.3 is 19.7 Å². The monoisotopic (exact) mass is 460 g/mol. The van der Waals surface area contributed by atoms with Crippen LogP contribution in [0, 0.1) is 5.92 Å². The number of methoxy groups -OCH3 is 1. The zero-order valence-electron chi connectivity index (χ0n) is 16.3. The largest absolute Gasteiger partial charge is 0.471 e. The number of carbonyl (C=O) groups is 4. The molecule has 1 N–H and O–H groups in total. The third-order valence-corrected chi connectivity index (χ3v) is 6.33. The second-order valence-electron chi connectivity index (χ2n) is 6.96. The van der Waals surface area contributed by atoms with Gasteiger partial charge in [0.2, 0.25) is 5.91 Å². The molecule has 2 amide bonds. The van der Waals surface area contributed by atoms with Gasteiger partial charge in [-0.2, -0.15) is 13.2 Å². The standard InChI is InChI=1S/C19H19F3N2O6S/c1-29-17(27)12-9-31-13-7-11(16(26)30-8-10-5-3-2-4-6-10)14(15(25)24(12)13)23-18(28)19(20,21)22/h2-6,11-14H,7-9H2,1H3,(H,23,28)/t11-,12-,13+,14-/m0/s1. The number of esters is 2. The summed E-state index contributed by atoms with van der Waals surface area (Å²) in [5.74, 6) is -6.13. The smallest absolute Gasteiger partial charge is 0.467 e. The van der Waals surface area contributed by atoms with E-state index in [-0.39, 0.29) is 18.8 Å². The number of benzene rings is 1. The van der Waals surface area contributed by atoms with E-state index in [1.807, 2.05) is 0 Å². The number of rotatable bonds is 5. The molecule has 3 rings (SSSR count). The van der Waals surface area contributed by atoms with Crippen LogP contribution in [0.5, 0.6) is 0 Å². The molecule has 0 unspecified atom stereocenters. The third kappa shape index (κ3) is 4.94. The number of halogens is 3. The number of fused-ring (bicyclic) bond motifs is 1. The summed E-state index contributed by atoms with van der Waals surface area (Å²) in [4.78, 5) is 50.3. The lowest BCUT2D eigenvalue weighted by atomic mass is 9.89. The van der Waals surface area contributed by atoms with Gasteiger partial charge in [0.05, 0.1) is 18.4 Å². The Morgan fingerprint density at radius 2 is 1.87 bits per heavy atom. The fourth-order valence-corrected chi connectivity index (χ4v) is 4.95. The maximum Gasteiger partial charge on any atom is 0.471 e. The van der Waals surface area contributed by atoms with E-state index in [0.29, 0.717) is 5.56 Å². The van der Waals surface area contributed by atoms with Crippen LogP contribution >= 0.6 is 11.8 Å². The van der Waals surface area contributed by atoms with E-state index in [0.717, 1.165) is 12.0 Å². The van der Waals surface area contributed by atoms with Crippen LogP contribution < -0.4 is 5.32 Å². The van der Waals surface area contributed by atoms with Crippen LogP contribution in [0.25, 0.3) is 0 Å². The topological polar surface area (TPSA) is 102 Å². The summed E-state index contributed by atoms with van der Waals surface area (Å²) < 4.78 is 48.3. The number of alkyl halides is 3.